The van der Waals surface area contributed by atoms with E-state index in [0.29, 0.717) is 44.8 Å². The van der Waals surface area contributed by atoms with Crippen LogP contribution in [0.4, 0.5) is 9.18 Å². The molecular weight excluding hydrogens is 389 g/mol. The first-order valence-electron chi connectivity index (χ1n) is 9.56. The monoisotopic (exact) mass is 411 g/mol. The predicted molar refractivity (Wildman–Crippen MR) is 99.9 cm³/mol. The highest BCUT2D eigenvalue weighted by Gasteiger charge is 2.38. The molecule has 3 saturated heterocycles. The Morgan fingerprint density at radius 3 is 2.71 bits per heavy atom. The molecule has 0 spiro atoms. The molecule has 1 aromatic carbocycles. The number of benzene rings is 1. The molecule has 7 nitrogen and oxygen atoms in total. The average molecular weight is 412 g/mol. The third-order valence-electron chi connectivity index (χ3n) is 5.49. The topological polar surface area (TPSA) is 71.1 Å². The molecule has 0 saturated carbocycles. The quantitative estimate of drug-likeness (QED) is 0.808. The zero-order valence-corrected chi connectivity index (χ0v) is 16.2. The second-order valence-corrected chi connectivity index (χ2v) is 7.83. The second kappa shape index (κ2) is 8.13. The maximum absolute atomic E-state index is 13.1. The van der Waals surface area contributed by atoms with Crippen LogP contribution in [-0.2, 0) is 9.53 Å². The van der Waals surface area contributed by atoms with Crippen molar-refractivity contribution in [3.8, 4) is 5.75 Å². The van der Waals surface area contributed by atoms with Crippen LogP contribution in [0.15, 0.2) is 18.2 Å². The zero-order chi connectivity index (χ0) is 19.7. The van der Waals surface area contributed by atoms with Crippen molar-refractivity contribution in [1.29, 1.82) is 0 Å². The number of fused-ring (bicyclic) bond motifs is 1. The maximum atomic E-state index is 13.1. The van der Waals surface area contributed by atoms with E-state index in [2.05, 4.69) is 5.32 Å². The minimum Gasteiger partial charge on any atom is -0.489 e. The summed E-state index contributed by atoms with van der Waals surface area (Å²) in [6, 6.07) is 3.92. The Balaban J connectivity index is 1.28. The van der Waals surface area contributed by atoms with Crippen LogP contribution in [-0.4, -0.2) is 72.8 Å². The Labute approximate surface area is 167 Å². The van der Waals surface area contributed by atoms with Crippen LogP contribution in [0.2, 0.25) is 5.02 Å². The Morgan fingerprint density at radius 1 is 1.21 bits per heavy atom. The number of urea groups is 1. The number of nitrogens with zero attached hydrogens (tertiary/aromatic N) is 2. The molecule has 1 aromatic rings. The summed E-state index contributed by atoms with van der Waals surface area (Å²) in [4.78, 5) is 28.0. The summed E-state index contributed by atoms with van der Waals surface area (Å²) in [5.74, 6) is -0.0722. The van der Waals surface area contributed by atoms with E-state index in [9.17, 15) is 14.0 Å². The fraction of sp³-hybridized carbons (Fsp3) is 0.579. The third-order valence-corrected chi connectivity index (χ3v) is 5.79. The molecule has 3 heterocycles. The van der Waals surface area contributed by atoms with E-state index in [1.54, 1.807) is 4.90 Å². The lowest BCUT2D eigenvalue weighted by Gasteiger charge is -2.43. The van der Waals surface area contributed by atoms with Crippen molar-refractivity contribution < 1.29 is 23.5 Å². The number of hydrogen-bond donors (Lipinski definition) is 1. The van der Waals surface area contributed by atoms with Crippen molar-refractivity contribution in [1.82, 2.24) is 15.1 Å². The number of carbonyl (C=O) groups is 2. The highest BCUT2D eigenvalue weighted by molar-refractivity contribution is 6.32. The summed E-state index contributed by atoms with van der Waals surface area (Å²) < 4.78 is 24.6. The number of rotatable bonds is 2. The van der Waals surface area contributed by atoms with Gasteiger partial charge in [-0.3, -0.25) is 4.79 Å². The standard InChI is InChI=1S/C19H23ClFN3O4/c20-14-9-12(21)1-2-16(14)28-13-3-6-23(7-4-13)19(26)24-8-5-17-15(10-24)22-18(25)11-27-17/h1-2,9,13,15,17H,3-8,10-11H2,(H,22,25)/t15-,17+/m0/s1. The van der Waals surface area contributed by atoms with Gasteiger partial charge in [0.05, 0.1) is 17.2 Å². The lowest BCUT2D eigenvalue weighted by atomic mass is 10.0. The van der Waals surface area contributed by atoms with Gasteiger partial charge in [0.15, 0.2) is 0 Å². The number of morpholine rings is 1. The van der Waals surface area contributed by atoms with Gasteiger partial charge in [-0.1, -0.05) is 11.6 Å². The predicted octanol–water partition coefficient (Wildman–Crippen LogP) is 2.03. The molecular formula is C19H23ClFN3O4. The summed E-state index contributed by atoms with van der Waals surface area (Å²) in [6.07, 6.45) is 2.00. The molecule has 0 unspecified atom stereocenters. The van der Waals surface area contributed by atoms with Crippen LogP contribution >= 0.6 is 11.6 Å². The first-order valence-corrected chi connectivity index (χ1v) is 9.94. The fourth-order valence-electron chi connectivity index (χ4n) is 3.99. The molecule has 0 bridgehead atoms. The van der Waals surface area contributed by atoms with Gasteiger partial charge in [-0.2, -0.15) is 0 Å². The minimum absolute atomic E-state index is 0.0126. The van der Waals surface area contributed by atoms with Gasteiger partial charge in [-0.25, -0.2) is 9.18 Å². The van der Waals surface area contributed by atoms with E-state index in [4.69, 9.17) is 21.1 Å². The van der Waals surface area contributed by atoms with E-state index in [1.807, 2.05) is 4.90 Å². The van der Waals surface area contributed by atoms with Crippen LogP contribution in [0.1, 0.15) is 19.3 Å². The van der Waals surface area contributed by atoms with Gasteiger partial charge >= 0.3 is 6.03 Å². The fourth-order valence-corrected chi connectivity index (χ4v) is 4.20. The smallest absolute Gasteiger partial charge is 0.320 e. The Hall–Kier alpha value is -2.06. The van der Waals surface area contributed by atoms with Crippen molar-refractivity contribution in [2.75, 3.05) is 32.8 Å². The van der Waals surface area contributed by atoms with Gasteiger partial charge in [-0.05, 0) is 24.6 Å². The Morgan fingerprint density at radius 2 is 1.96 bits per heavy atom. The first kappa shape index (κ1) is 19.3. The van der Waals surface area contributed by atoms with Crippen molar-refractivity contribution in [2.45, 2.75) is 37.5 Å². The number of ether oxygens (including phenoxy) is 2. The van der Waals surface area contributed by atoms with Crippen molar-refractivity contribution in [3.63, 3.8) is 0 Å². The number of halogens is 2. The normalized spacial score (nSPS) is 25.9. The Kier molecular flexibility index (Phi) is 5.59. The summed E-state index contributed by atoms with van der Waals surface area (Å²) in [7, 11) is 0. The summed E-state index contributed by atoms with van der Waals surface area (Å²) >= 11 is 6.02. The van der Waals surface area contributed by atoms with Gasteiger partial charge in [0, 0.05) is 39.0 Å². The van der Waals surface area contributed by atoms with Crippen LogP contribution in [0.3, 0.4) is 0 Å². The number of carbonyl (C=O) groups excluding carboxylic acids is 2. The second-order valence-electron chi connectivity index (χ2n) is 7.42. The number of likely N-dealkylation sites (tertiary alicyclic amines) is 2. The third kappa shape index (κ3) is 4.17. The molecule has 2 atom stereocenters. The van der Waals surface area contributed by atoms with E-state index in [1.165, 1.54) is 18.2 Å². The number of piperidine rings is 2. The van der Waals surface area contributed by atoms with Gasteiger partial charge in [0.1, 0.15) is 24.3 Å². The molecule has 3 aliphatic heterocycles. The summed E-state index contributed by atoms with van der Waals surface area (Å²) in [5.41, 5.74) is 0. The summed E-state index contributed by atoms with van der Waals surface area (Å²) in [5, 5.41) is 3.16. The van der Waals surface area contributed by atoms with Crippen molar-refractivity contribution in [3.05, 3.63) is 29.0 Å². The van der Waals surface area contributed by atoms with E-state index < -0.39 is 5.82 Å². The lowest BCUT2D eigenvalue weighted by Crippen LogP contribution is -2.62. The first-order chi connectivity index (χ1) is 13.5. The van der Waals surface area contributed by atoms with Gasteiger partial charge < -0.3 is 24.6 Å². The van der Waals surface area contributed by atoms with Gasteiger partial charge in [-0.15, -0.1) is 0 Å². The highest BCUT2D eigenvalue weighted by Crippen LogP contribution is 2.28. The van der Waals surface area contributed by atoms with Crippen molar-refractivity contribution >= 4 is 23.5 Å². The minimum atomic E-state index is -0.402. The number of nitrogens with one attached hydrogen (secondary N) is 1. The van der Waals surface area contributed by atoms with E-state index >= 15 is 0 Å². The molecule has 0 aliphatic carbocycles. The zero-order valence-electron chi connectivity index (χ0n) is 15.4. The van der Waals surface area contributed by atoms with E-state index in [0.717, 1.165) is 6.42 Å². The van der Waals surface area contributed by atoms with Crippen LogP contribution in [0.5, 0.6) is 5.75 Å². The number of amides is 3. The Bertz CT molecular complexity index is 757. The maximum Gasteiger partial charge on any atom is 0.320 e. The average Bonchev–Trinajstić information content (AvgIpc) is 2.69. The molecule has 4 rings (SSSR count). The molecule has 28 heavy (non-hydrogen) atoms. The SMILES string of the molecule is O=C1CO[C@@H]2CCN(C(=O)N3CCC(Oc4ccc(F)cc4Cl)CC3)C[C@@H]2N1. The summed E-state index contributed by atoms with van der Waals surface area (Å²) in [6.45, 7) is 2.35. The van der Waals surface area contributed by atoms with Crippen LogP contribution in [0, 0.1) is 5.82 Å². The molecule has 3 fully saturated rings. The molecule has 3 amide bonds. The number of hydrogen-bond acceptors (Lipinski definition) is 4. The molecule has 0 aromatic heterocycles. The van der Waals surface area contributed by atoms with Crippen molar-refractivity contribution in [2.24, 2.45) is 0 Å². The molecule has 1 N–H and O–H groups in total. The molecule has 0 radical (unpaired) electrons. The molecule has 9 heteroatoms. The molecule has 3 aliphatic rings. The van der Waals surface area contributed by atoms with Gasteiger partial charge in [0.2, 0.25) is 5.91 Å². The molecule has 152 valence electrons. The highest BCUT2D eigenvalue weighted by atomic mass is 35.5. The lowest BCUT2D eigenvalue weighted by molar-refractivity contribution is -0.139. The van der Waals surface area contributed by atoms with Crippen LogP contribution in [0.25, 0.3) is 0 Å². The van der Waals surface area contributed by atoms with Crippen LogP contribution < -0.4 is 10.1 Å². The van der Waals surface area contributed by atoms with E-state index in [-0.39, 0.29) is 41.8 Å². The largest absolute Gasteiger partial charge is 0.489 e. The van der Waals surface area contributed by atoms with Gasteiger partial charge in [0.25, 0.3) is 0 Å².